The molecule has 1 aromatic rings. The van der Waals surface area contributed by atoms with E-state index in [-0.39, 0.29) is 0 Å². The number of amidine groups is 1. The lowest BCUT2D eigenvalue weighted by atomic mass is 10.00. The highest BCUT2D eigenvalue weighted by molar-refractivity contribution is 5.94. The van der Waals surface area contributed by atoms with Crippen LogP contribution in [0.2, 0.25) is 0 Å². The largest absolute Gasteiger partial charge is 0.349 e. The van der Waals surface area contributed by atoms with Gasteiger partial charge in [-0.1, -0.05) is 18.2 Å². The highest BCUT2D eigenvalue weighted by atomic mass is 15.3. The van der Waals surface area contributed by atoms with Crippen LogP contribution >= 0.6 is 0 Å². The average Bonchev–Trinajstić information content (AvgIpc) is 2.87. The summed E-state index contributed by atoms with van der Waals surface area (Å²) in [7, 11) is 0. The molecular weight excluding hydrogens is 208 g/mol. The van der Waals surface area contributed by atoms with Gasteiger partial charge in [0.05, 0.1) is 5.69 Å². The van der Waals surface area contributed by atoms with Crippen molar-refractivity contribution in [3.63, 3.8) is 0 Å². The van der Waals surface area contributed by atoms with Crippen LogP contribution in [0.15, 0.2) is 29.3 Å². The van der Waals surface area contributed by atoms with E-state index in [4.69, 9.17) is 4.99 Å². The first-order chi connectivity index (χ1) is 8.22. The summed E-state index contributed by atoms with van der Waals surface area (Å²) in [4.78, 5) is 7.38. The maximum atomic E-state index is 4.90. The molecule has 2 unspecified atom stereocenters. The minimum atomic E-state index is 0.578. The van der Waals surface area contributed by atoms with E-state index in [2.05, 4.69) is 43.0 Å². The standard InChI is InChI=1S/C15H16N2/c1-9-5-10(2)13-8-17-12-4-3-11(7-12)15(17)16-14(13)6-9/h3-6,11-12H,7-8H2,1-2H3. The topological polar surface area (TPSA) is 15.6 Å². The van der Waals surface area contributed by atoms with Gasteiger partial charge in [-0.25, -0.2) is 4.99 Å². The number of rotatable bonds is 0. The number of aliphatic imine (C=N–C) groups is 1. The van der Waals surface area contributed by atoms with Crippen molar-refractivity contribution in [2.24, 2.45) is 10.9 Å². The molecule has 2 bridgehead atoms. The molecule has 17 heavy (non-hydrogen) atoms. The molecule has 0 amide bonds. The molecule has 0 radical (unpaired) electrons. The first kappa shape index (κ1) is 9.46. The van der Waals surface area contributed by atoms with Gasteiger partial charge in [-0.2, -0.15) is 0 Å². The quantitative estimate of drug-likeness (QED) is 0.618. The van der Waals surface area contributed by atoms with E-state index in [0.717, 1.165) is 6.54 Å². The van der Waals surface area contributed by atoms with Crippen molar-refractivity contribution in [3.05, 3.63) is 41.0 Å². The summed E-state index contributed by atoms with van der Waals surface area (Å²) in [6.45, 7) is 5.41. The maximum Gasteiger partial charge on any atom is 0.113 e. The SMILES string of the molecule is Cc1cc(C)c2c(c1)N=C1C3C=CC(C3)N1C2. The summed E-state index contributed by atoms with van der Waals surface area (Å²) in [6.07, 6.45) is 5.91. The van der Waals surface area contributed by atoms with Crippen LogP contribution in [0, 0.1) is 19.8 Å². The monoisotopic (exact) mass is 224 g/mol. The number of nitrogens with zero attached hydrogens (tertiary/aromatic N) is 2. The minimum absolute atomic E-state index is 0.578. The molecule has 4 rings (SSSR count). The van der Waals surface area contributed by atoms with Crippen molar-refractivity contribution < 1.29 is 0 Å². The van der Waals surface area contributed by atoms with E-state index in [9.17, 15) is 0 Å². The van der Waals surface area contributed by atoms with Gasteiger partial charge in [-0.3, -0.25) is 0 Å². The van der Waals surface area contributed by atoms with Crippen molar-refractivity contribution in [2.75, 3.05) is 0 Å². The average molecular weight is 224 g/mol. The maximum absolute atomic E-state index is 4.90. The van der Waals surface area contributed by atoms with Gasteiger partial charge in [-0.15, -0.1) is 0 Å². The van der Waals surface area contributed by atoms with Crippen LogP contribution in [0.5, 0.6) is 0 Å². The van der Waals surface area contributed by atoms with Crippen LogP contribution in [0.25, 0.3) is 0 Å². The highest BCUT2D eigenvalue weighted by Crippen LogP contribution is 2.41. The number of hydrogen-bond acceptors (Lipinski definition) is 2. The fraction of sp³-hybridized carbons (Fsp3) is 0.400. The molecule has 2 aliphatic heterocycles. The second-order valence-corrected chi connectivity index (χ2v) is 5.47. The molecule has 1 aliphatic carbocycles. The summed E-state index contributed by atoms with van der Waals surface area (Å²) >= 11 is 0. The van der Waals surface area contributed by atoms with Crippen molar-refractivity contribution in [1.82, 2.24) is 4.90 Å². The summed E-state index contributed by atoms with van der Waals surface area (Å²) < 4.78 is 0. The first-order valence-electron chi connectivity index (χ1n) is 6.36. The molecule has 1 saturated heterocycles. The summed E-state index contributed by atoms with van der Waals surface area (Å²) in [5.41, 5.74) is 5.32. The lowest BCUT2D eigenvalue weighted by molar-refractivity contribution is 0.377. The third-order valence-electron chi connectivity index (χ3n) is 4.24. The highest BCUT2D eigenvalue weighted by Gasteiger charge is 2.41. The Balaban J connectivity index is 1.90. The third-order valence-corrected chi connectivity index (χ3v) is 4.24. The summed E-state index contributed by atoms with van der Waals surface area (Å²) in [6, 6.07) is 5.10. The van der Waals surface area contributed by atoms with Crippen LogP contribution in [0.3, 0.4) is 0 Å². The number of hydrogen-bond donors (Lipinski definition) is 0. The van der Waals surface area contributed by atoms with Gasteiger partial charge < -0.3 is 4.90 Å². The van der Waals surface area contributed by atoms with E-state index < -0.39 is 0 Å². The van der Waals surface area contributed by atoms with Gasteiger partial charge >= 0.3 is 0 Å². The van der Waals surface area contributed by atoms with Crippen LogP contribution in [-0.4, -0.2) is 16.8 Å². The fourth-order valence-electron chi connectivity index (χ4n) is 3.40. The van der Waals surface area contributed by atoms with Crippen molar-refractivity contribution in [3.8, 4) is 0 Å². The summed E-state index contributed by atoms with van der Waals surface area (Å²) in [5, 5.41) is 0. The van der Waals surface area contributed by atoms with E-state index in [1.54, 1.807) is 0 Å². The van der Waals surface area contributed by atoms with Gasteiger partial charge in [0, 0.05) is 24.1 Å². The van der Waals surface area contributed by atoms with E-state index in [1.807, 2.05) is 0 Å². The second kappa shape index (κ2) is 3.00. The Morgan fingerprint density at radius 2 is 2.12 bits per heavy atom. The first-order valence-corrected chi connectivity index (χ1v) is 6.36. The predicted octanol–water partition coefficient (Wildman–Crippen LogP) is 3.11. The van der Waals surface area contributed by atoms with Gasteiger partial charge in [0.25, 0.3) is 0 Å². The predicted molar refractivity (Wildman–Crippen MR) is 69.6 cm³/mol. The molecule has 0 N–H and O–H groups in total. The van der Waals surface area contributed by atoms with Crippen LogP contribution in [0.1, 0.15) is 23.1 Å². The lowest BCUT2D eigenvalue weighted by Crippen LogP contribution is -2.36. The molecule has 1 aromatic carbocycles. The Morgan fingerprint density at radius 3 is 3.00 bits per heavy atom. The zero-order chi connectivity index (χ0) is 11.6. The van der Waals surface area contributed by atoms with Gasteiger partial charge in [0.2, 0.25) is 0 Å². The Bertz CT molecular complexity index is 569. The molecular formula is C15H16N2. The number of benzene rings is 1. The third kappa shape index (κ3) is 1.18. The Hall–Kier alpha value is -1.57. The zero-order valence-corrected chi connectivity index (χ0v) is 10.3. The normalized spacial score (nSPS) is 28.1. The number of aryl methyl sites for hydroxylation is 2. The van der Waals surface area contributed by atoms with Gasteiger partial charge in [0.1, 0.15) is 5.84 Å². The smallest absolute Gasteiger partial charge is 0.113 e. The Kier molecular flexibility index (Phi) is 1.67. The number of fused-ring (bicyclic) bond motifs is 6. The molecule has 0 saturated carbocycles. The molecule has 2 nitrogen and oxygen atoms in total. The molecule has 2 heteroatoms. The Labute approximate surface area is 102 Å². The van der Waals surface area contributed by atoms with Crippen molar-refractivity contribution >= 4 is 11.5 Å². The van der Waals surface area contributed by atoms with Gasteiger partial charge in [0.15, 0.2) is 0 Å². The Morgan fingerprint density at radius 1 is 1.24 bits per heavy atom. The van der Waals surface area contributed by atoms with Crippen molar-refractivity contribution in [1.29, 1.82) is 0 Å². The van der Waals surface area contributed by atoms with Crippen LogP contribution in [0.4, 0.5) is 5.69 Å². The van der Waals surface area contributed by atoms with E-state index in [0.29, 0.717) is 12.0 Å². The van der Waals surface area contributed by atoms with Crippen LogP contribution in [-0.2, 0) is 6.54 Å². The van der Waals surface area contributed by atoms with E-state index >= 15 is 0 Å². The molecule has 0 aromatic heterocycles. The minimum Gasteiger partial charge on any atom is -0.349 e. The zero-order valence-electron chi connectivity index (χ0n) is 10.3. The molecule has 0 spiro atoms. The summed E-state index contributed by atoms with van der Waals surface area (Å²) in [5.74, 6) is 1.88. The lowest BCUT2D eigenvalue weighted by Gasteiger charge is -2.32. The molecule has 2 heterocycles. The van der Waals surface area contributed by atoms with Crippen LogP contribution < -0.4 is 0 Å². The molecule has 86 valence electrons. The van der Waals surface area contributed by atoms with E-state index in [1.165, 1.54) is 34.6 Å². The molecule has 3 aliphatic rings. The second-order valence-electron chi connectivity index (χ2n) is 5.47. The van der Waals surface area contributed by atoms with Crippen molar-refractivity contribution in [2.45, 2.75) is 32.9 Å². The molecule has 2 atom stereocenters. The molecule has 1 fully saturated rings. The fourth-order valence-corrected chi connectivity index (χ4v) is 3.40. The van der Waals surface area contributed by atoms with Gasteiger partial charge in [-0.05, 0) is 37.5 Å².